The second-order valence-electron chi connectivity index (χ2n) is 6.41. The summed E-state index contributed by atoms with van der Waals surface area (Å²) in [7, 11) is 0. The SMILES string of the molecule is CC1NC(=O)C(C)N(c2ccc(C(C)(C)C)cc2)C1=O. The molecule has 0 spiro atoms. The van der Waals surface area contributed by atoms with Crippen molar-refractivity contribution in [2.45, 2.75) is 52.1 Å². The molecule has 1 aliphatic rings. The number of nitrogens with zero attached hydrogens (tertiary/aromatic N) is 1. The molecule has 0 saturated carbocycles. The van der Waals surface area contributed by atoms with Gasteiger partial charge in [-0.1, -0.05) is 32.9 Å². The predicted octanol–water partition coefficient (Wildman–Crippen LogP) is 2.22. The van der Waals surface area contributed by atoms with Crippen LogP contribution in [0, 0.1) is 0 Å². The molecular weight excluding hydrogens is 252 g/mol. The monoisotopic (exact) mass is 274 g/mol. The van der Waals surface area contributed by atoms with Crippen molar-refractivity contribution >= 4 is 17.5 Å². The van der Waals surface area contributed by atoms with Gasteiger partial charge in [0.15, 0.2) is 0 Å². The maximum atomic E-state index is 12.3. The summed E-state index contributed by atoms with van der Waals surface area (Å²) in [6, 6.07) is 6.93. The first-order valence-corrected chi connectivity index (χ1v) is 6.96. The zero-order valence-electron chi connectivity index (χ0n) is 12.7. The lowest BCUT2D eigenvalue weighted by Crippen LogP contribution is -2.61. The van der Waals surface area contributed by atoms with Crippen LogP contribution in [-0.2, 0) is 15.0 Å². The first kappa shape index (κ1) is 14.6. The van der Waals surface area contributed by atoms with E-state index in [4.69, 9.17) is 0 Å². The Balaban J connectivity index is 2.34. The fourth-order valence-electron chi connectivity index (χ4n) is 2.39. The molecule has 0 aliphatic carbocycles. The molecule has 2 unspecified atom stereocenters. The van der Waals surface area contributed by atoms with Crippen molar-refractivity contribution in [3.63, 3.8) is 0 Å². The third-order valence-corrected chi connectivity index (χ3v) is 3.74. The van der Waals surface area contributed by atoms with Crippen LogP contribution in [0.3, 0.4) is 0 Å². The molecule has 1 aromatic carbocycles. The van der Waals surface area contributed by atoms with E-state index in [9.17, 15) is 9.59 Å². The molecule has 0 bridgehead atoms. The van der Waals surface area contributed by atoms with Crippen LogP contribution in [0.15, 0.2) is 24.3 Å². The third-order valence-electron chi connectivity index (χ3n) is 3.74. The topological polar surface area (TPSA) is 49.4 Å². The molecule has 2 amide bonds. The Labute approximate surface area is 120 Å². The van der Waals surface area contributed by atoms with Crippen LogP contribution in [0.2, 0.25) is 0 Å². The van der Waals surface area contributed by atoms with Crippen LogP contribution in [0.5, 0.6) is 0 Å². The molecule has 4 heteroatoms. The van der Waals surface area contributed by atoms with Gasteiger partial charge < -0.3 is 5.32 Å². The molecule has 1 aromatic rings. The molecule has 0 radical (unpaired) electrons. The predicted molar refractivity (Wildman–Crippen MR) is 79.7 cm³/mol. The lowest BCUT2D eigenvalue weighted by Gasteiger charge is -2.36. The highest BCUT2D eigenvalue weighted by Crippen LogP contribution is 2.27. The van der Waals surface area contributed by atoms with Gasteiger partial charge >= 0.3 is 0 Å². The lowest BCUT2D eigenvalue weighted by molar-refractivity contribution is -0.133. The van der Waals surface area contributed by atoms with Crippen molar-refractivity contribution in [2.75, 3.05) is 4.90 Å². The minimum Gasteiger partial charge on any atom is -0.343 e. The summed E-state index contributed by atoms with van der Waals surface area (Å²) in [6.07, 6.45) is 0. The highest BCUT2D eigenvalue weighted by atomic mass is 16.2. The van der Waals surface area contributed by atoms with Gasteiger partial charge in [-0.3, -0.25) is 14.5 Å². The number of piperazine rings is 1. The number of hydrogen-bond acceptors (Lipinski definition) is 2. The fraction of sp³-hybridized carbons (Fsp3) is 0.500. The standard InChI is InChI=1S/C16H22N2O2/c1-10-15(20)18(11(2)14(19)17-10)13-8-6-12(7-9-13)16(3,4)5/h6-11H,1-5H3,(H,17,19). The van der Waals surface area contributed by atoms with Crippen LogP contribution >= 0.6 is 0 Å². The van der Waals surface area contributed by atoms with Crippen LogP contribution in [-0.4, -0.2) is 23.9 Å². The average Bonchev–Trinajstić information content (AvgIpc) is 2.36. The van der Waals surface area contributed by atoms with Gasteiger partial charge in [0.05, 0.1) is 0 Å². The van der Waals surface area contributed by atoms with Gasteiger partial charge in [0.25, 0.3) is 0 Å². The van der Waals surface area contributed by atoms with Gasteiger partial charge in [-0.2, -0.15) is 0 Å². The minimum atomic E-state index is -0.473. The van der Waals surface area contributed by atoms with Crippen molar-refractivity contribution in [1.82, 2.24) is 5.32 Å². The van der Waals surface area contributed by atoms with Gasteiger partial charge in [0.1, 0.15) is 12.1 Å². The van der Waals surface area contributed by atoms with Gasteiger partial charge in [-0.25, -0.2) is 0 Å². The second kappa shape index (κ2) is 4.93. The maximum Gasteiger partial charge on any atom is 0.250 e. The van der Waals surface area contributed by atoms with Crippen LogP contribution in [0.4, 0.5) is 5.69 Å². The number of hydrogen-bond donors (Lipinski definition) is 1. The van der Waals surface area contributed by atoms with E-state index in [1.807, 2.05) is 24.3 Å². The van der Waals surface area contributed by atoms with E-state index in [1.165, 1.54) is 5.56 Å². The molecule has 20 heavy (non-hydrogen) atoms. The molecule has 1 N–H and O–H groups in total. The zero-order chi connectivity index (χ0) is 15.1. The number of carbonyl (C=O) groups excluding carboxylic acids is 2. The number of anilines is 1. The van der Waals surface area contributed by atoms with Gasteiger partial charge in [-0.15, -0.1) is 0 Å². The zero-order valence-corrected chi connectivity index (χ0v) is 12.7. The van der Waals surface area contributed by atoms with E-state index in [0.717, 1.165) is 5.69 Å². The van der Waals surface area contributed by atoms with Gasteiger partial charge in [-0.05, 0) is 37.0 Å². The maximum absolute atomic E-state index is 12.3. The quantitative estimate of drug-likeness (QED) is 0.853. The third kappa shape index (κ3) is 2.55. The number of nitrogens with one attached hydrogen (secondary N) is 1. The Hall–Kier alpha value is -1.84. The van der Waals surface area contributed by atoms with Crippen molar-refractivity contribution in [2.24, 2.45) is 0 Å². The Morgan fingerprint density at radius 3 is 2.10 bits per heavy atom. The Kier molecular flexibility index (Phi) is 3.59. The number of carbonyl (C=O) groups is 2. The van der Waals surface area contributed by atoms with E-state index < -0.39 is 12.1 Å². The van der Waals surface area contributed by atoms with Gasteiger partial charge in [0, 0.05) is 5.69 Å². The number of rotatable bonds is 1. The largest absolute Gasteiger partial charge is 0.343 e. The van der Waals surface area contributed by atoms with Crippen LogP contribution in [0.1, 0.15) is 40.2 Å². The highest BCUT2D eigenvalue weighted by molar-refractivity contribution is 6.07. The second-order valence-corrected chi connectivity index (χ2v) is 6.41. The molecule has 4 nitrogen and oxygen atoms in total. The van der Waals surface area contributed by atoms with E-state index >= 15 is 0 Å². The van der Waals surface area contributed by atoms with Crippen molar-refractivity contribution < 1.29 is 9.59 Å². The van der Waals surface area contributed by atoms with Crippen molar-refractivity contribution in [3.8, 4) is 0 Å². The first-order chi connectivity index (χ1) is 9.21. The molecule has 1 saturated heterocycles. The minimum absolute atomic E-state index is 0.0689. The normalized spacial score (nSPS) is 23.8. The highest BCUT2D eigenvalue weighted by Gasteiger charge is 2.36. The molecule has 1 heterocycles. The first-order valence-electron chi connectivity index (χ1n) is 6.96. The molecule has 1 aliphatic heterocycles. The Morgan fingerprint density at radius 2 is 1.60 bits per heavy atom. The van der Waals surface area contributed by atoms with Crippen LogP contribution in [0.25, 0.3) is 0 Å². The van der Waals surface area contributed by atoms with E-state index in [2.05, 4.69) is 26.1 Å². The number of amides is 2. The molecule has 1 fully saturated rings. The average molecular weight is 274 g/mol. The van der Waals surface area contributed by atoms with Crippen LogP contribution < -0.4 is 10.2 Å². The molecule has 0 aromatic heterocycles. The van der Waals surface area contributed by atoms with E-state index in [0.29, 0.717) is 0 Å². The number of benzene rings is 1. The molecular formula is C16H22N2O2. The summed E-state index contributed by atoms with van der Waals surface area (Å²) in [5, 5.41) is 2.68. The summed E-state index contributed by atoms with van der Waals surface area (Å²) >= 11 is 0. The van der Waals surface area contributed by atoms with Crippen molar-refractivity contribution in [1.29, 1.82) is 0 Å². The summed E-state index contributed by atoms with van der Waals surface area (Å²) in [4.78, 5) is 25.7. The Morgan fingerprint density at radius 1 is 1.05 bits per heavy atom. The fourth-order valence-corrected chi connectivity index (χ4v) is 2.39. The molecule has 2 atom stereocenters. The summed E-state index contributed by atoms with van der Waals surface area (Å²) in [5.74, 6) is -0.183. The lowest BCUT2D eigenvalue weighted by atomic mass is 9.87. The smallest absolute Gasteiger partial charge is 0.250 e. The summed E-state index contributed by atoms with van der Waals surface area (Å²) in [5.41, 5.74) is 2.05. The molecule has 2 rings (SSSR count). The van der Waals surface area contributed by atoms with E-state index in [1.54, 1.807) is 18.7 Å². The summed E-state index contributed by atoms with van der Waals surface area (Å²) < 4.78 is 0. The van der Waals surface area contributed by atoms with E-state index in [-0.39, 0.29) is 17.2 Å². The van der Waals surface area contributed by atoms with Crippen molar-refractivity contribution in [3.05, 3.63) is 29.8 Å². The van der Waals surface area contributed by atoms with Gasteiger partial charge in [0.2, 0.25) is 11.8 Å². The Bertz CT molecular complexity index is 528. The molecule has 108 valence electrons. The summed E-state index contributed by atoms with van der Waals surface area (Å²) in [6.45, 7) is 9.89.